The van der Waals surface area contributed by atoms with Crippen molar-refractivity contribution >= 4 is 34.0 Å². The van der Waals surface area contributed by atoms with Gasteiger partial charge < -0.3 is 5.32 Å². The van der Waals surface area contributed by atoms with Gasteiger partial charge in [0.05, 0.1) is 5.02 Å². The Hall–Kier alpha value is -1.54. The predicted molar refractivity (Wildman–Crippen MR) is 63.3 cm³/mol. The lowest BCUT2D eigenvalue weighted by molar-refractivity contribution is -0.114. The van der Waals surface area contributed by atoms with Gasteiger partial charge in [0.2, 0.25) is 5.91 Å². The first-order valence-corrected chi connectivity index (χ1v) is 5.00. The third-order valence-corrected chi connectivity index (χ3v) is 2.44. The van der Waals surface area contributed by atoms with E-state index in [4.69, 9.17) is 11.6 Å². The Morgan fingerprint density at radius 1 is 1.27 bits per heavy atom. The molecule has 2 nitrogen and oxygen atoms in total. The maximum atomic E-state index is 10.9. The summed E-state index contributed by atoms with van der Waals surface area (Å²) in [5.41, 5.74) is 0.728. The second-order valence-corrected chi connectivity index (χ2v) is 3.77. The van der Waals surface area contributed by atoms with Crippen LogP contribution in [-0.4, -0.2) is 5.91 Å². The Morgan fingerprint density at radius 3 is 2.73 bits per heavy atom. The monoisotopic (exact) mass is 219 g/mol. The molecule has 2 aromatic rings. The van der Waals surface area contributed by atoms with Crippen LogP contribution in [0.2, 0.25) is 5.02 Å². The van der Waals surface area contributed by atoms with Gasteiger partial charge in [0, 0.05) is 18.0 Å². The van der Waals surface area contributed by atoms with Gasteiger partial charge in [-0.15, -0.1) is 0 Å². The molecule has 0 aliphatic rings. The van der Waals surface area contributed by atoms with Crippen molar-refractivity contribution in [2.24, 2.45) is 0 Å². The van der Waals surface area contributed by atoms with Crippen molar-refractivity contribution in [1.82, 2.24) is 0 Å². The smallest absolute Gasteiger partial charge is 0.221 e. The molecule has 0 spiro atoms. The lowest BCUT2D eigenvalue weighted by Crippen LogP contribution is -2.05. The highest BCUT2D eigenvalue weighted by molar-refractivity contribution is 6.36. The van der Waals surface area contributed by atoms with Crippen molar-refractivity contribution in [3.8, 4) is 0 Å². The van der Waals surface area contributed by atoms with Gasteiger partial charge in [0.15, 0.2) is 0 Å². The average Bonchev–Trinajstić information content (AvgIpc) is 2.16. The zero-order chi connectivity index (χ0) is 10.8. The molecule has 0 aliphatic carbocycles. The number of carbonyl (C=O) groups is 1. The molecule has 0 unspecified atom stereocenters. The molecule has 3 heteroatoms. The highest BCUT2D eigenvalue weighted by atomic mass is 35.5. The van der Waals surface area contributed by atoms with Crippen LogP contribution in [0.3, 0.4) is 0 Å². The largest absolute Gasteiger partial charge is 0.326 e. The highest BCUT2D eigenvalue weighted by Crippen LogP contribution is 2.27. The zero-order valence-electron chi connectivity index (χ0n) is 8.25. The number of hydrogen-bond acceptors (Lipinski definition) is 1. The maximum Gasteiger partial charge on any atom is 0.221 e. The van der Waals surface area contributed by atoms with Crippen molar-refractivity contribution in [3.63, 3.8) is 0 Å². The summed E-state index contributed by atoms with van der Waals surface area (Å²) < 4.78 is 0. The summed E-state index contributed by atoms with van der Waals surface area (Å²) in [6.07, 6.45) is 0. The van der Waals surface area contributed by atoms with Gasteiger partial charge in [0.25, 0.3) is 0 Å². The molecular formula is C12H10ClNO. The van der Waals surface area contributed by atoms with Crippen LogP contribution in [-0.2, 0) is 4.79 Å². The Morgan fingerprint density at radius 2 is 2.00 bits per heavy atom. The van der Waals surface area contributed by atoms with Crippen LogP contribution in [0.4, 0.5) is 5.69 Å². The van der Waals surface area contributed by atoms with Gasteiger partial charge in [-0.05, 0) is 17.5 Å². The Balaban J connectivity index is 2.57. The number of fused-ring (bicyclic) bond motifs is 1. The second-order valence-electron chi connectivity index (χ2n) is 3.36. The number of amides is 1. The van der Waals surface area contributed by atoms with Gasteiger partial charge in [-0.2, -0.15) is 0 Å². The molecular weight excluding hydrogens is 210 g/mol. The molecule has 1 N–H and O–H groups in total. The van der Waals surface area contributed by atoms with Gasteiger partial charge in [-0.1, -0.05) is 35.9 Å². The van der Waals surface area contributed by atoms with E-state index in [2.05, 4.69) is 5.32 Å². The Kier molecular flexibility index (Phi) is 2.60. The number of rotatable bonds is 1. The molecule has 2 rings (SSSR count). The summed E-state index contributed by atoms with van der Waals surface area (Å²) in [5.74, 6) is -0.0960. The highest BCUT2D eigenvalue weighted by Gasteiger charge is 2.02. The van der Waals surface area contributed by atoms with Gasteiger partial charge in [-0.25, -0.2) is 0 Å². The molecule has 0 heterocycles. The summed E-state index contributed by atoms with van der Waals surface area (Å²) in [6, 6.07) is 11.5. The van der Waals surface area contributed by atoms with Crippen molar-refractivity contribution in [2.45, 2.75) is 6.92 Å². The zero-order valence-corrected chi connectivity index (χ0v) is 9.01. The fourth-order valence-electron chi connectivity index (χ4n) is 1.54. The van der Waals surface area contributed by atoms with Crippen LogP contribution in [0, 0.1) is 0 Å². The Labute approximate surface area is 92.9 Å². The molecule has 15 heavy (non-hydrogen) atoms. The lowest BCUT2D eigenvalue weighted by atomic mass is 10.1. The molecule has 0 aromatic heterocycles. The molecule has 0 fully saturated rings. The van der Waals surface area contributed by atoms with E-state index in [0.717, 1.165) is 16.5 Å². The van der Waals surface area contributed by atoms with Crippen LogP contribution in [0.1, 0.15) is 6.92 Å². The molecule has 76 valence electrons. The number of carbonyl (C=O) groups excluding carboxylic acids is 1. The van der Waals surface area contributed by atoms with Gasteiger partial charge in [0.1, 0.15) is 0 Å². The van der Waals surface area contributed by atoms with Crippen molar-refractivity contribution < 1.29 is 4.79 Å². The van der Waals surface area contributed by atoms with E-state index >= 15 is 0 Å². The van der Waals surface area contributed by atoms with Crippen molar-refractivity contribution in [2.75, 3.05) is 5.32 Å². The minimum absolute atomic E-state index is 0.0960. The molecule has 0 aliphatic heterocycles. The molecule has 0 saturated carbocycles. The summed E-state index contributed by atoms with van der Waals surface area (Å²) in [7, 11) is 0. The number of nitrogens with one attached hydrogen (secondary N) is 1. The van der Waals surface area contributed by atoms with E-state index in [9.17, 15) is 4.79 Å². The topological polar surface area (TPSA) is 29.1 Å². The number of benzene rings is 2. The lowest BCUT2D eigenvalue weighted by Gasteiger charge is -2.06. The van der Waals surface area contributed by atoms with Crippen molar-refractivity contribution in [3.05, 3.63) is 41.4 Å². The van der Waals surface area contributed by atoms with E-state index in [0.29, 0.717) is 5.02 Å². The maximum absolute atomic E-state index is 10.9. The second kappa shape index (κ2) is 3.91. The third kappa shape index (κ3) is 2.10. The van der Waals surface area contributed by atoms with Crippen LogP contribution in [0.25, 0.3) is 10.8 Å². The molecule has 1 amide bonds. The fourth-order valence-corrected chi connectivity index (χ4v) is 1.83. The van der Waals surface area contributed by atoms with E-state index in [-0.39, 0.29) is 5.91 Å². The predicted octanol–water partition coefficient (Wildman–Crippen LogP) is 3.45. The average molecular weight is 220 g/mol. The minimum atomic E-state index is -0.0960. The normalized spacial score (nSPS) is 10.3. The first-order chi connectivity index (χ1) is 7.16. The minimum Gasteiger partial charge on any atom is -0.326 e. The first-order valence-electron chi connectivity index (χ1n) is 4.63. The van der Waals surface area contributed by atoms with E-state index in [1.165, 1.54) is 6.92 Å². The van der Waals surface area contributed by atoms with Crippen LogP contribution in [0.5, 0.6) is 0 Å². The Bertz CT molecular complexity index is 522. The summed E-state index contributed by atoms with van der Waals surface area (Å²) in [4.78, 5) is 10.9. The number of hydrogen-bond donors (Lipinski definition) is 1. The fraction of sp³-hybridized carbons (Fsp3) is 0.0833. The van der Waals surface area contributed by atoms with Crippen LogP contribution in [0.15, 0.2) is 36.4 Å². The molecule has 0 bridgehead atoms. The van der Waals surface area contributed by atoms with E-state index in [1.54, 1.807) is 6.07 Å². The SMILES string of the molecule is CC(=O)Nc1cc(Cl)c2ccccc2c1. The number of halogens is 1. The van der Waals surface area contributed by atoms with Crippen LogP contribution >= 0.6 is 11.6 Å². The van der Waals surface area contributed by atoms with Crippen molar-refractivity contribution in [1.29, 1.82) is 0 Å². The molecule has 0 saturated heterocycles. The first kappa shape index (κ1) is 9.99. The molecule has 0 radical (unpaired) electrons. The van der Waals surface area contributed by atoms with Gasteiger partial charge in [-0.3, -0.25) is 4.79 Å². The van der Waals surface area contributed by atoms with Gasteiger partial charge >= 0.3 is 0 Å². The summed E-state index contributed by atoms with van der Waals surface area (Å²) >= 11 is 6.09. The molecule has 0 atom stereocenters. The van der Waals surface area contributed by atoms with E-state index in [1.807, 2.05) is 30.3 Å². The standard InChI is InChI=1S/C12H10ClNO/c1-8(15)14-10-6-9-4-2-3-5-11(9)12(13)7-10/h2-7H,1H3,(H,14,15). The molecule has 2 aromatic carbocycles. The summed E-state index contributed by atoms with van der Waals surface area (Å²) in [5, 5.41) is 5.38. The number of anilines is 1. The summed E-state index contributed by atoms with van der Waals surface area (Å²) in [6.45, 7) is 1.48. The van der Waals surface area contributed by atoms with E-state index < -0.39 is 0 Å². The quantitative estimate of drug-likeness (QED) is 0.782. The third-order valence-electron chi connectivity index (χ3n) is 2.13. The van der Waals surface area contributed by atoms with Crippen LogP contribution < -0.4 is 5.32 Å².